The maximum atomic E-state index is 13.5. The number of aryl methyl sites for hydroxylation is 2. The minimum Gasteiger partial charge on any atom is -0.466 e. The van der Waals surface area contributed by atoms with E-state index in [0.717, 1.165) is 11.3 Å². The van der Waals surface area contributed by atoms with E-state index in [1.54, 1.807) is 13.0 Å². The van der Waals surface area contributed by atoms with Crippen LogP contribution in [0.1, 0.15) is 28.0 Å². The van der Waals surface area contributed by atoms with Crippen molar-refractivity contribution in [1.29, 1.82) is 0 Å². The van der Waals surface area contributed by atoms with Gasteiger partial charge in [0.2, 0.25) is 0 Å². The van der Waals surface area contributed by atoms with Crippen molar-refractivity contribution in [3.8, 4) is 0 Å². The lowest BCUT2D eigenvalue weighted by atomic mass is 10.0. The molecule has 0 saturated heterocycles. The zero-order chi connectivity index (χ0) is 13.3. The van der Waals surface area contributed by atoms with Crippen LogP contribution < -0.4 is 0 Å². The van der Waals surface area contributed by atoms with Gasteiger partial charge >= 0.3 is 0 Å². The molecule has 2 aromatic rings. The lowest BCUT2D eigenvalue weighted by Gasteiger charge is -2.10. The molecular weight excluding hydrogens is 258 g/mol. The number of benzene rings is 1. The molecule has 1 unspecified atom stereocenters. The molecule has 1 aromatic carbocycles. The normalized spacial score (nSPS) is 12.7. The molecule has 0 bridgehead atoms. The van der Waals surface area contributed by atoms with E-state index < -0.39 is 17.0 Å². The average Bonchev–Trinajstić information content (AvgIpc) is 2.63. The third kappa shape index (κ3) is 2.56. The summed E-state index contributed by atoms with van der Waals surface area (Å²) in [5.41, 5.74) is 0.785. The van der Waals surface area contributed by atoms with Gasteiger partial charge in [-0.05, 0) is 38.5 Å². The fourth-order valence-corrected chi connectivity index (χ4v) is 2.35. The van der Waals surface area contributed by atoms with Crippen LogP contribution in [0.25, 0.3) is 0 Å². The smallest absolute Gasteiger partial charge is 0.129 e. The van der Waals surface area contributed by atoms with Crippen LogP contribution >= 0.6 is 11.6 Å². The zero-order valence-electron chi connectivity index (χ0n) is 10.1. The molecule has 1 atom stereocenters. The molecule has 0 aliphatic heterocycles. The second kappa shape index (κ2) is 5.11. The van der Waals surface area contributed by atoms with Crippen molar-refractivity contribution in [1.82, 2.24) is 0 Å². The fourth-order valence-electron chi connectivity index (χ4n) is 1.98. The lowest BCUT2D eigenvalue weighted by molar-refractivity contribution is 0.499. The Bertz CT molecular complexity index is 543. The summed E-state index contributed by atoms with van der Waals surface area (Å²) in [7, 11) is 0. The third-order valence-corrected chi connectivity index (χ3v) is 3.25. The molecule has 1 nitrogen and oxygen atoms in total. The Balaban J connectivity index is 2.26. The topological polar surface area (TPSA) is 13.1 Å². The van der Waals surface area contributed by atoms with E-state index in [9.17, 15) is 8.78 Å². The van der Waals surface area contributed by atoms with E-state index in [1.807, 2.05) is 6.92 Å². The third-order valence-electron chi connectivity index (χ3n) is 2.86. The van der Waals surface area contributed by atoms with Gasteiger partial charge in [-0.2, -0.15) is 0 Å². The van der Waals surface area contributed by atoms with Crippen molar-refractivity contribution in [2.75, 3.05) is 0 Å². The molecule has 0 N–H and O–H groups in total. The van der Waals surface area contributed by atoms with Crippen LogP contribution in [0.5, 0.6) is 0 Å². The van der Waals surface area contributed by atoms with Crippen LogP contribution in [0, 0.1) is 25.5 Å². The van der Waals surface area contributed by atoms with Gasteiger partial charge in [-0.3, -0.25) is 0 Å². The van der Waals surface area contributed by atoms with E-state index in [4.69, 9.17) is 16.0 Å². The lowest BCUT2D eigenvalue weighted by Crippen LogP contribution is -2.01. The number of halogens is 3. The van der Waals surface area contributed by atoms with Crippen LogP contribution in [-0.2, 0) is 6.42 Å². The van der Waals surface area contributed by atoms with E-state index in [0.29, 0.717) is 5.76 Å². The highest BCUT2D eigenvalue weighted by Crippen LogP contribution is 2.31. The van der Waals surface area contributed by atoms with Crippen molar-refractivity contribution >= 4 is 11.6 Å². The minimum absolute atomic E-state index is 0.00996. The Morgan fingerprint density at radius 3 is 2.33 bits per heavy atom. The summed E-state index contributed by atoms with van der Waals surface area (Å²) in [6.07, 6.45) is 0.0971. The summed E-state index contributed by atoms with van der Waals surface area (Å²) in [6.45, 7) is 3.60. The number of furan rings is 1. The quantitative estimate of drug-likeness (QED) is 0.737. The SMILES string of the molecule is Cc1cc(C(Cl)Cc2c(F)cccc2F)c(C)o1. The molecule has 1 heterocycles. The molecular formula is C14H13ClF2O. The van der Waals surface area contributed by atoms with Crippen LogP contribution in [0.2, 0.25) is 0 Å². The van der Waals surface area contributed by atoms with E-state index in [2.05, 4.69) is 0 Å². The molecule has 0 saturated carbocycles. The van der Waals surface area contributed by atoms with E-state index in [-0.39, 0.29) is 12.0 Å². The van der Waals surface area contributed by atoms with E-state index in [1.165, 1.54) is 18.2 Å². The summed E-state index contributed by atoms with van der Waals surface area (Å²) >= 11 is 6.21. The van der Waals surface area contributed by atoms with Gasteiger partial charge in [0, 0.05) is 11.1 Å². The van der Waals surface area contributed by atoms with Gasteiger partial charge in [0.05, 0.1) is 5.38 Å². The van der Waals surface area contributed by atoms with Gasteiger partial charge in [0.1, 0.15) is 23.2 Å². The maximum Gasteiger partial charge on any atom is 0.129 e. The Kier molecular flexibility index (Phi) is 3.71. The average molecular weight is 271 g/mol. The first-order valence-electron chi connectivity index (χ1n) is 5.63. The number of alkyl halides is 1. The molecule has 0 radical (unpaired) electrons. The van der Waals surface area contributed by atoms with Gasteiger partial charge in [0.25, 0.3) is 0 Å². The Morgan fingerprint density at radius 1 is 1.22 bits per heavy atom. The summed E-state index contributed by atoms with van der Waals surface area (Å²) in [4.78, 5) is 0. The van der Waals surface area contributed by atoms with Crippen molar-refractivity contribution in [3.63, 3.8) is 0 Å². The molecule has 0 aliphatic carbocycles. The van der Waals surface area contributed by atoms with Crippen LogP contribution in [0.4, 0.5) is 8.78 Å². The molecule has 4 heteroatoms. The van der Waals surface area contributed by atoms with Gasteiger partial charge < -0.3 is 4.42 Å². The molecule has 0 fully saturated rings. The predicted octanol–water partition coefficient (Wildman–Crippen LogP) is 4.70. The van der Waals surface area contributed by atoms with Gasteiger partial charge in [-0.1, -0.05) is 6.07 Å². The summed E-state index contributed by atoms with van der Waals surface area (Å²) < 4.78 is 32.4. The summed E-state index contributed by atoms with van der Waals surface area (Å²) in [6, 6.07) is 5.60. The highest BCUT2D eigenvalue weighted by Gasteiger charge is 2.19. The van der Waals surface area contributed by atoms with Crippen molar-refractivity contribution in [2.24, 2.45) is 0 Å². The maximum absolute atomic E-state index is 13.5. The Labute approximate surface area is 109 Å². The first-order chi connectivity index (χ1) is 8.49. The molecule has 0 aliphatic rings. The predicted molar refractivity (Wildman–Crippen MR) is 66.8 cm³/mol. The number of rotatable bonds is 3. The number of hydrogen-bond donors (Lipinski definition) is 0. The van der Waals surface area contributed by atoms with Crippen LogP contribution in [0.3, 0.4) is 0 Å². The second-order valence-corrected chi connectivity index (χ2v) is 4.77. The Hall–Kier alpha value is -1.35. The molecule has 2 rings (SSSR count). The number of hydrogen-bond acceptors (Lipinski definition) is 1. The summed E-state index contributed by atoms with van der Waals surface area (Å²) in [5, 5.41) is -0.506. The monoisotopic (exact) mass is 270 g/mol. The Morgan fingerprint density at radius 2 is 1.83 bits per heavy atom. The van der Waals surface area contributed by atoms with Gasteiger partial charge in [-0.25, -0.2) is 8.78 Å². The van der Waals surface area contributed by atoms with Gasteiger partial charge in [-0.15, -0.1) is 11.6 Å². The molecule has 96 valence electrons. The minimum atomic E-state index is -0.571. The van der Waals surface area contributed by atoms with E-state index >= 15 is 0 Å². The first kappa shape index (κ1) is 13.1. The van der Waals surface area contributed by atoms with Crippen molar-refractivity contribution < 1.29 is 13.2 Å². The fraction of sp³-hybridized carbons (Fsp3) is 0.286. The highest BCUT2D eigenvalue weighted by molar-refractivity contribution is 6.21. The highest BCUT2D eigenvalue weighted by atomic mass is 35.5. The second-order valence-electron chi connectivity index (χ2n) is 4.24. The largest absolute Gasteiger partial charge is 0.466 e. The zero-order valence-corrected chi connectivity index (χ0v) is 10.9. The molecule has 0 spiro atoms. The van der Waals surface area contributed by atoms with Crippen LogP contribution in [0.15, 0.2) is 28.7 Å². The standard InChI is InChI=1S/C14H13ClF2O/c1-8-6-10(9(2)18-8)12(15)7-11-13(16)4-3-5-14(11)17/h3-6,12H,7H2,1-2H3. The van der Waals surface area contributed by atoms with Crippen molar-refractivity contribution in [2.45, 2.75) is 25.6 Å². The van der Waals surface area contributed by atoms with Crippen LogP contribution in [-0.4, -0.2) is 0 Å². The van der Waals surface area contributed by atoms with Crippen molar-refractivity contribution in [3.05, 3.63) is 58.5 Å². The molecule has 0 amide bonds. The van der Waals surface area contributed by atoms with Gasteiger partial charge in [0.15, 0.2) is 0 Å². The first-order valence-corrected chi connectivity index (χ1v) is 6.06. The molecule has 1 aromatic heterocycles. The molecule has 18 heavy (non-hydrogen) atoms. The summed E-state index contributed by atoms with van der Waals surface area (Å²) in [5.74, 6) is 0.281.